The van der Waals surface area contributed by atoms with Gasteiger partial charge >= 0.3 is 0 Å². The molecule has 0 saturated carbocycles. The van der Waals surface area contributed by atoms with Crippen molar-refractivity contribution in [3.63, 3.8) is 0 Å². The van der Waals surface area contributed by atoms with Gasteiger partial charge in [0.2, 0.25) is 0 Å². The van der Waals surface area contributed by atoms with Crippen LogP contribution in [0.1, 0.15) is 22.3 Å². The van der Waals surface area contributed by atoms with Crippen molar-refractivity contribution >= 4 is 54.5 Å². The standard InChI is InChI=1S/C42H28N2/c1-5-21-33-29(13-1)17-9-25-37(33)41(38-26-10-18-30-14-2-6-22-34(30)38)43-44-42(39-27-11-19-31-15-3-7-23-35(31)39)40-28-12-20-32-16-4-8-24-36(32)40/h1-28H. The lowest BCUT2D eigenvalue weighted by Gasteiger charge is -2.14. The average molecular weight is 561 g/mol. The molecule has 0 aliphatic rings. The molecule has 0 unspecified atom stereocenters. The predicted octanol–water partition coefficient (Wildman–Crippen LogP) is 10.6. The average Bonchev–Trinajstić information content (AvgIpc) is 3.10. The van der Waals surface area contributed by atoms with Crippen molar-refractivity contribution < 1.29 is 0 Å². The molecule has 0 aromatic heterocycles. The summed E-state index contributed by atoms with van der Waals surface area (Å²) in [5.41, 5.74) is 5.90. The van der Waals surface area contributed by atoms with Crippen molar-refractivity contribution in [3.8, 4) is 0 Å². The van der Waals surface area contributed by atoms with Gasteiger partial charge in [0.05, 0.1) is 0 Å². The van der Waals surface area contributed by atoms with Gasteiger partial charge in [-0.2, -0.15) is 0 Å². The van der Waals surface area contributed by atoms with Gasteiger partial charge in [-0.25, -0.2) is 0 Å². The first-order valence-electron chi connectivity index (χ1n) is 14.9. The van der Waals surface area contributed by atoms with E-state index in [4.69, 9.17) is 10.2 Å². The molecule has 0 aliphatic heterocycles. The Morgan fingerprint density at radius 2 is 0.477 bits per heavy atom. The Hall–Kier alpha value is -5.86. The van der Waals surface area contributed by atoms with E-state index in [9.17, 15) is 0 Å². The minimum Gasteiger partial charge on any atom is -0.149 e. The van der Waals surface area contributed by atoms with Crippen molar-refractivity contribution in [3.05, 3.63) is 192 Å². The van der Waals surface area contributed by atoms with Gasteiger partial charge in [-0.3, -0.25) is 0 Å². The molecule has 8 aromatic carbocycles. The van der Waals surface area contributed by atoms with E-state index in [2.05, 4.69) is 170 Å². The highest BCUT2D eigenvalue weighted by Gasteiger charge is 2.17. The highest BCUT2D eigenvalue weighted by Crippen LogP contribution is 2.29. The molecule has 8 aromatic rings. The topological polar surface area (TPSA) is 24.7 Å². The molecular weight excluding hydrogens is 532 g/mol. The third-order valence-corrected chi connectivity index (χ3v) is 8.43. The summed E-state index contributed by atoms with van der Waals surface area (Å²) in [6.07, 6.45) is 0. The van der Waals surface area contributed by atoms with Gasteiger partial charge in [0, 0.05) is 22.3 Å². The van der Waals surface area contributed by atoms with Gasteiger partial charge in [-0.1, -0.05) is 170 Å². The van der Waals surface area contributed by atoms with Crippen molar-refractivity contribution in [1.82, 2.24) is 0 Å². The van der Waals surface area contributed by atoms with Crippen LogP contribution in [-0.4, -0.2) is 11.4 Å². The summed E-state index contributed by atoms with van der Waals surface area (Å²) < 4.78 is 0. The Balaban J connectivity index is 1.47. The van der Waals surface area contributed by atoms with E-state index in [1.54, 1.807) is 0 Å². The molecule has 0 amide bonds. The molecular formula is C42H28N2. The van der Waals surface area contributed by atoms with Gasteiger partial charge in [-0.05, 0) is 43.1 Å². The Bertz CT molecular complexity index is 2040. The summed E-state index contributed by atoms with van der Waals surface area (Å²) in [4.78, 5) is 0. The van der Waals surface area contributed by atoms with E-state index < -0.39 is 0 Å². The van der Waals surface area contributed by atoms with Crippen LogP contribution in [0.3, 0.4) is 0 Å². The minimum absolute atomic E-state index is 0.844. The van der Waals surface area contributed by atoms with Gasteiger partial charge in [-0.15, -0.1) is 10.2 Å². The summed E-state index contributed by atoms with van der Waals surface area (Å²) >= 11 is 0. The number of nitrogens with zero attached hydrogens (tertiary/aromatic N) is 2. The molecule has 2 nitrogen and oxygen atoms in total. The van der Waals surface area contributed by atoms with Crippen molar-refractivity contribution in [2.24, 2.45) is 10.2 Å². The smallest absolute Gasteiger partial charge is 0.101 e. The first-order chi connectivity index (χ1) is 21.8. The third-order valence-electron chi connectivity index (χ3n) is 8.43. The van der Waals surface area contributed by atoms with Gasteiger partial charge in [0.25, 0.3) is 0 Å². The van der Waals surface area contributed by atoms with Gasteiger partial charge in [0.15, 0.2) is 0 Å². The largest absolute Gasteiger partial charge is 0.149 e. The van der Waals surface area contributed by atoms with E-state index in [1.165, 1.54) is 21.5 Å². The zero-order valence-electron chi connectivity index (χ0n) is 24.1. The maximum Gasteiger partial charge on any atom is 0.101 e. The van der Waals surface area contributed by atoms with Crippen molar-refractivity contribution in [1.29, 1.82) is 0 Å². The lowest BCUT2D eigenvalue weighted by molar-refractivity contribution is 1.23. The van der Waals surface area contributed by atoms with E-state index in [0.717, 1.165) is 55.2 Å². The highest BCUT2D eigenvalue weighted by atomic mass is 15.2. The van der Waals surface area contributed by atoms with E-state index in [1.807, 2.05) is 0 Å². The van der Waals surface area contributed by atoms with E-state index in [0.29, 0.717) is 0 Å². The Labute approximate surface area is 256 Å². The summed E-state index contributed by atoms with van der Waals surface area (Å²) in [7, 11) is 0. The molecule has 0 bridgehead atoms. The van der Waals surface area contributed by atoms with Crippen LogP contribution in [0.25, 0.3) is 43.1 Å². The molecule has 8 rings (SSSR count). The van der Waals surface area contributed by atoms with Crippen LogP contribution >= 0.6 is 0 Å². The molecule has 0 fully saturated rings. The van der Waals surface area contributed by atoms with E-state index >= 15 is 0 Å². The summed E-state index contributed by atoms with van der Waals surface area (Å²) in [6.45, 7) is 0. The molecule has 2 heteroatoms. The van der Waals surface area contributed by atoms with Crippen LogP contribution < -0.4 is 0 Å². The number of hydrogen-bond acceptors (Lipinski definition) is 2. The molecule has 0 saturated heterocycles. The van der Waals surface area contributed by atoms with Crippen LogP contribution in [0.4, 0.5) is 0 Å². The normalized spacial score (nSPS) is 11.2. The van der Waals surface area contributed by atoms with E-state index in [-0.39, 0.29) is 0 Å². The van der Waals surface area contributed by atoms with Crippen LogP contribution in [0.2, 0.25) is 0 Å². The molecule has 0 aliphatic carbocycles. The van der Waals surface area contributed by atoms with Gasteiger partial charge in [0.1, 0.15) is 11.4 Å². The summed E-state index contributed by atoms with van der Waals surface area (Å²) in [5, 5.41) is 19.7. The van der Waals surface area contributed by atoms with Crippen LogP contribution in [0.5, 0.6) is 0 Å². The van der Waals surface area contributed by atoms with Crippen LogP contribution in [-0.2, 0) is 0 Å². The monoisotopic (exact) mass is 560 g/mol. The van der Waals surface area contributed by atoms with Crippen molar-refractivity contribution in [2.45, 2.75) is 0 Å². The molecule has 0 spiro atoms. The fraction of sp³-hybridized carbons (Fsp3) is 0. The maximum absolute atomic E-state index is 5.24. The fourth-order valence-electron chi connectivity index (χ4n) is 6.33. The number of benzene rings is 8. The quantitative estimate of drug-likeness (QED) is 0.148. The zero-order chi connectivity index (χ0) is 29.3. The zero-order valence-corrected chi connectivity index (χ0v) is 24.1. The number of fused-ring (bicyclic) bond motifs is 4. The molecule has 206 valence electrons. The van der Waals surface area contributed by atoms with Crippen LogP contribution in [0, 0.1) is 0 Å². The van der Waals surface area contributed by atoms with Crippen LogP contribution in [0.15, 0.2) is 180 Å². The first-order valence-corrected chi connectivity index (χ1v) is 14.9. The second-order valence-electron chi connectivity index (χ2n) is 11.0. The second kappa shape index (κ2) is 11.1. The second-order valence-corrected chi connectivity index (χ2v) is 11.0. The highest BCUT2D eigenvalue weighted by molar-refractivity contribution is 6.26. The predicted molar refractivity (Wildman–Crippen MR) is 187 cm³/mol. The number of hydrogen-bond donors (Lipinski definition) is 0. The Morgan fingerprint density at radius 1 is 0.250 bits per heavy atom. The molecule has 0 N–H and O–H groups in total. The molecule has 44 heavy (non-hydrogen) atoms. The molecule has 0 heterocycles. The first kappa shape index (κ1) is 25.8. The Morgan fingerprint density at radius 3 is 0.750 bits per heavy atom. The maximum atomic E-state index is 5.24. The lowest BCUT2D eigenvalue weighted by atomic mass is 9.93. The third kappa shape index (κ3) is 4.54. The van der Waals surface area contributed by atoms with Gasteiger partial charge < -0.3 is 0 Å². The molecule has 0 radical (unpaired) electrons. The number of rotatable bonds is 5. The molecule has 0 atom stereocenters. The summed E-state index contributed by atoms with van der Waals surface area (Å²) in [6, 6.07) is 59.7. The Kier molecular flexibility index (Phi) is 6.51. The van der Waals surface area contributed by atoms with Crippen molar-refractivity contribution in [2.75, 3.05) is 0 Å². The fourth-order valence-corrected chi connectivity index (χ4v) is 6.33. The lowest BCUT2D eigenvalue weighted by Crippen LogP contribution is -2.08. The SMILES string of the molecule is c1ccc2c(C(=NN=C(c3cccc4ccccc34)c3cccc4ccccc34)c3cccc4ccccc34)cccc2c1. The minimum atomic E-state index is 0.844. The summed E-state index contributed by atoms with van der Waals surface area (Å²) in [5.74, 6) is 0.